The van der Waals surface area contributed by atoms with Gasteiger partial charge in [-0.3, -0.25) is 4.79 Å². The average Bonchev–Trinajstić information content (AvgIpc) is 2.57. The second-order valence-electron chi connectivity index (χ2n) is 7.47. The molecule has 25 heavy (non-hydrogen) atoms. The molecule has 0 amide bonds. The van der Waals surface area contributed by atoms with Crippen LogP contribution in [0.2, 0.25) is 0 Å². The van der Waals surface area contributed by atoms with Gasteiger partial charge < -0.3 is 5.11 Å². The van der Waals surface area contributed by atoms with Crippen LogP contribution in [0.15, 0.2) is 33.4 Å². The molecule has 0 aliphatic carbocycles. The molecular weight excluding hydrogens is 308 g/mol. The Bertz CT molecular complexity index is 518. The molecule has 2 nitrogen and oxygen atoms in total. The van der Waals surface area contributed by atoms with E-state index in [2.05, 4.69) is 48.5 Å². The van der Waals surface area contributed by atoms with Gasteiger partial charge in [0, 0.05) is 6.42 Å². The van der Waals surface area contributed by atoms with Gasteiger partial charge in [0.05, 0.1) is 0 Å². The van der Waals surface area contributed by atoms with E-state index in [0.29, 0.717) is 6.42 Å². The first-order valence-corrected chi connectivity index (χ1v) is 9.95. The van der Waals surface area contributed by atoms with Gasteiger partial charge in [0.25, 0.3) is 0 Å². The van der Waals surface area contributed by atoms with E-state index in [4.69, 9.17) is 5.11 Å². The molecule has 0 rings (SSSR count). The molecule has 0 atom stereocenters. The molecule has 0 saturated heterocycles. The number of rotatable bonds is 12. The molecule has 0 aromatic heterocycles. The van der Waals surface area contributed by atoms with Crippen LogP contribution < -0.4 is 0 Å². The third-order valence-electron chi connectivity index (χ3n) is 5.54. The molecule has 144 valence electrons. The van der Waals surface area contributed by atoms with Crippen molar-refractivity contribution in [1.82, 2.24) is 0 Å². The second kappa shape index (κ2) is 13.0. The predicted molar refractivity (Wildman–Crippen MR) is 110 cm³/mol. The first-order chi connectivity index (χ1) is 11.7. The number of unbranched alkanes of at least 4 members (excludes halogenated alkanes) is 4. The van der Waals surface area contributed by atoms with Gasteiger partial charge in [-0.15, -0.1) is 0 Å². The molecule has 0 saturated carbocycles. The number of carbonyl (C=O) groups is 1. The first-order valence-electron chi connectivity index (χ1n) is 9.95. The topological polar surface area (TPSA) is 37.3 Å². The van der Waals surface area contributed by atoms with Crippen LogP contribution >= 0.6 is 0 Å². The van der Waals surface area contributed by atoms with E-state index in [9.17, 15) is 4.79 Å². The standard InChI is InChI=1S/C23H40O2/c1-8-14-17(2)19(4)21(6)22(7)20(5)18(3)15-12-10-9-11-13-16-23(24)25/h8-16H2,1-7H3,(H,24,25)/b19-17+,20-18+,22-21+. The van der Waals surface area contributed by atoms with Gasteiger partial charge in [-0.1, -0.05) is 43.8 Å². The van der Waals surface area contributed by atoms with E-state index in [0.717, 1.165) is 25.7 Å². The molecule has 0 fully saturated rings. The van der Waals surface area contributed by atoms with Crippen molar-refractivity contribution in [3.05, 3.63) is 33.4 Å². The summed E-state index contributed by atoms with van der Waals surface area (Å²) in [5, 5.41) is 8.64. The lowest BCUT2D eigenvalue weighted by molar-refractivity contribution is -0.137. The van der Waals surface area contributed by atoms with Crippen molar-refractivity contribution < 1.29 is 9.90 Å². The number of hydrogen-bond donors (Lipinski definition) is 1. The van der Waals surface area contributed by atoms with E-state index in [1.54, 1.807) is 0 Å². The highest BCUT2D eigenvalue weighted by atomic mass is 16.4. The minimum absolute atomic E-state index is 0.311. The molecule has 0 radical (unpaired) electrons. The van der Waals surface area contributed by atoms with Gasteiger partial charge >= 0.3 is 5.97 Å². The third-order valence-corrected chi connectivity index (χ3v) is 5.54. The zero-order chi connectivity index (χ0) is 19.4. The lowest BCUT2D eigenvalue weighted by atomic mass is 9.91. The maximum absolute atomic E-state index is 10.5. The van der Waals surface area contributed by atoms with Gasteiger partial charge in [-0.05, 0) is 89.5 Å². The summed E-state index contributed by atoms with van der Waals surface area (Å²) >= 11 is 0. The summed E-state index contributed by atoms with van der Waals surface area (Å²) in [6.45, 7) is 15.8. The minimum atomic E-state index is -0.675. The molecule has 0 aliphatic heterocycles. The zero-order valence-corrected chi connectivity index (χ0v) is 17.7. The highest BCUT2D eigenvalue weighted by Crippen LogP contribution is 2.27. The fraction of sp³-hybridized carbons (Fsp3) is 0.696. The molecule has 1 N–H and O–H groups in total. The monoisotopic (exact) mass is 348 g/mol. The van der Waals surface area contributed by atoms with Crippen LogP contribution in [-0.2, 0) is 4.79 Å². The fourth-order valence-electron chi connectivity index (χ4n) is 3.15. The Morgan fingerprint density at radius 2 is 1.00 bits per heavy atom. The number of carboxylic acid groups (broad SMARTS) is 1. The van der Waals surface area contributed by atoms with Crippen LogP contribution in [0.3, 0.4) is 0 Å². The maximum atomic E-state index is 10.5. The van der Waals surface area contributed by atoms with Crippen molar-refractivity contribution >= 4 is 5.97 Å². The third kappa shape index (κ3) is 9.67. The van der Waals surface area contributed by atoms with Crippen LogP contribution in [0, 0.1) is 0 Å². The number of carboxylic acids is 1. The van der Waals surface area contributed by atoms with E-state index >= 15 is 0 Å². The number of allylic oxidation sites excluding steroid dienone is 6. The molecule has 0 spiro atoms. The molecule has 0 unspecified atom stereocenters. The van der Waals surface area contributed by atoms with Crippen molar-refractivity contribution in [3.8, 4) is 0 Å². The fourth-order valence-corrected chi connectivity index (χ4v) is 3.15. The van der Waals surface area contributed by atoms with Gasteiger partial charge in [0.2, 0.25) is 0 Å². The predicted octanol–water partition coefficient (Wildman–Crippen LogP) is 7.61. The maximum Gasteiger partial charge on any atom is 0.303 e. The molecule has 2 heteroatoms. The second-order valence-corrected chi connectivity index (χ2v) is 7.47. The highest BCUT2D eigenvalue weighted by Gasteiger charge is 2.07. The number of hydrogen-bond acceptors (Lipinski definition) is 1. The molecular formula is C23H40O2. The zero-order valence-electron chi connectivity index (χ0n) is 17.7. The summed E-state index contributed by atoms with van der Waals surface area (Å²) in [4.78, 5) is 10.5. The minimum Gasteiger partial charge on any atom is -0.481 e. The summed E-state index contributed by atoms with van der Waals surface area (Å²) in [7, 11) is 0. The van der Waals surface area contributed by atoms with Crippen molar-refractivity contribution in [2.24, 2.45) is 0 Å². The molecule has 0 aromatic carbocycles. The summed E-state index contributed by atoms with van der Waals surface area (Å²) in [6, 6.07) is 0. The Morgan fingerprint density at radius 3 is 1.44 bits per heavy atom. The van der Waals surface area contributed by atoms with E-state index < -0.39 is 5.97 Å². The smallest absolute Gasteiger partial charge is 0.303 e. The lowest BCUT2D eigenvalue weighted by Gasteiger charge is -2.15. The summed E-state index contributed by atoms with van der Waals surface area (Å²) < 4.78 is 0. The van der Waals surface area contributed by atoms with E-state index in [1.165, 1.54) is 59.1 Å². The van der Waals surface area contributed by atoms with Gasteiger partial charge in [0.1, 0.15) is 0 Å². The lowest BCUT2D eigenvalue weighted by Crippen LogP contribution is -1.95. The summed E-state index contributed by atoms with van der Waals surface area (Å²) in [6.07, 6.45) is 9.23. The molecule has 0 aromatic rings. The van der Waals surface area contributed by atoms with Gasteiger partial charge in [0.15, 0.2) is 0 Å². The normalized spacial score (nSPS) is 14.7. The quantitative estimate of drug-likeness (QED) is 0.291. The van der Waals surface area contributed by atoms with Crippen molar-refractivity contribution in [2.75, 3.05) is 0 Å². The van der Waals surface area contributed by atoms with Crippen LogP contribution in [0.1, 0.15) is 106 Å². The Morgan fingerprint density at radius 1 is 0.600 bits per heavy atom. The Labute approximate surface area is 156 Å². The molecule has 0 heterocycles. The van der Waals surface area contributed by atoms with Crippen LogP contribution in [0.25, 0.3) is 0 Å². The van der Waals surface area contributed by atoms with E-state index in [-0.39, 0.29) is 0 Å². The summed E-state index contributed by atoms with van der Waals surface area (Å²) in [5.74, 6) is -0.675. The number of aliphatic carboxylic acids is 1. The van der Waals surface area contributed by atoms with Gasteiger partial charge in [-0.25, -0.2) is 0 Å². The van der Waals surface area contributed by atoms with Crippen LogP contribution in [0.4, 0.5) is 0 Å². The Hall–Kier alpha value is -1.31. The van der Waals surface area contributed by atoms with Crippen molar-refractivity contribution in [2.45, 2.75) is 106 Å². The van der Waals surface area contributed by atoms with Crippen molar-refractivity contribution in [1.29, 1.82) is 0 Å². The van der Waals surface area contributed by atoms with Crippen molar-refractivity contribution in [3.63, 3.8) is 0 Å². The summed E-state index contributed by atoms with van der Waals surface area (Å²) in [5.41, 5.74) is 8.73. The van der Waals surface area contributed by atoms with Crippen LogP contribution in [0.5, 0.6) is 0 Å². The first kappa shape index (κ1) is 23.7. The van der Waals surface area contributed by atoms with Crippen LogP contribution in [-0.4, -0.2) is 11.1 Å². The highest BCUT2D eigenvalue weighted by molar-refractivity contribution is 5.66. The van der Waals surface area contributed by atoms with Gasteiger partial charge in [-0.2, -0.15) is 0 Å². The Kier molecular flexibility index (Phi) is 12.3. The average molecular weight is 349 g/mol. The Balaban J connectivity index is 4.61. The molecule has 0 aliphatic rings. The SMILES string of the molecule is CCC/C(C)=C(C)/C(C)=C(C)/C(C)=C(\C)CCCCCCCC(=O)O. The molecule has 0 bridgehead atoms. The van der Waals surface area contributed by atoms with E-state index in [1.807, 2.05) is 0 Å². The largest absolute Gasteiger partial charge is 0.481 e.